The van der Waals surface area contributed by atoms with Crippen molar-refractivity contribution >= 4 is 29.1 Å². The molecule has 8 nitrogen and oxygen atoms in total. The lowest BCUT2D eigenvalue weighted by Crippen LogP contribution is -2.33. The van der Waals surface area contributed by atoms with E-state index in [4.69, 9.17) is 21.1 Å². The molecule has 140 valence electrons. The summed E-state index contributed by atoms with van der Waals surface area (Å²) in [5, 5.41) is 9.76. The zero-order valence-electron chi connectivity index (χ0n) is 15.3. The van der Waals surface area contributed by atoms with Crippen LogP contribution in [0.4, 0.5) is 5.69 Å². The van der Waals surface area contributed by atoms with Gasteiger partial charge in [-0.05, 0) is 26.0 Å². The van der Waals surface area contributed by atoms with E-state index in [1.165, 1.54) is 26.4 Å². The van der Waals surface area contributed by atoms with E-state index in [-0.39, 0.29) is 23.0 Å². The maximum absolute atomic E-state index is 12.3. The molecule has 0 aliphatic heterocycles. The average molecular weight is 381 g/mol. The number of amides is 2. The van der Waals surface area contributed by atoms with Gasteiger partial charge in [-0.25, -0.2) is 0 Å². The molecule has 2 aromatic rings. The minimum atomic E-state index is -0.456. The molecule has 0 radical (unpaired) electrons. The molecule has 26 heavy (non-hydrogen) atoms. The number of aryl methyl sites for hydroxylation is 2. The van der Waals surface area contributed by atoms with Gasteiger partial charge in [0, 0.05) is 12.6 Å². The van der Waals surface area contributed by atoms with Crippen molar-refractivity contribution < 1.29 is 19.1 Å². The van der Waals surface area contributed by atoms with Crippen LogP contribution in [0.3, 0.4) is 0 Å². The third-order valence-corrected chi connectivity index (χ3v) is 4.16. The van der Waals surface area contributed by atoms with E-state index in [9.17, 15) is 9.59 Å². The van der Waals surface area contributed by atoms with Gasteiger partial charge < -0.3 is 20.1 Å². The fourth-order valence-electron chi connectivity index (χ4n) is 2.45. The summed E-state index contributed by atoms with van der Waals surface area (Å²) < 4.78 is 12.0. The fraction of sp³-hybridized carbons (Fsp3) is 0.353. The lowest BCUT2D eigenvalue weighted by molar-refractivity contribution is -0.115. The van der Waals surface area contributed by atoms with Crippen LogP contribution in [0, 0.1) is 13.8 Å². The molecule has 0 saturated heterocycles. The van der Waals surface area contributed by atoms with E-state index in [0.717, 1.165) is 5.69 Å². The van der Waals surface area contributed by atoms with Crippen molar-refractivity contribution in [3.63, 3.8) is 0 Å². The predicted molar refractivity (Wildman–Crippen MR) is 98.2 cm³/mol. The van der Waals surface area contributed by atoms with Crippen molar-refractivity contribution in [2.75, 3.05) is 26.1 Å². The first kappa shape index (κ1) is 19.6. The first-order valence-corrected chi connectivity index (χ1v) is 8.16. The molecule has 0 aliphatic rings. The number of carbonyl (C=O) groups is 2. The molecule has 0 fully saturated rings. The van der Waals surface area contributed by atoms with Crippen molar-refractivity contribution in [3.8, 4) is 11.5 Å². The largest absolute Gasteiger partial charge is 0.493 e. The van der Waals surface area contributed by atoms with E-state index < -0.39 is 5.91 Å². The van der Waals surface area contributed by atoms with Crippen LogP contribution in [0.1, 0.15) is 21.7 Å². The molecular formula is C17H21ClN4O4. The van der Waals surface area contributed by atoms with Gasteiger partial charge in [-0.1, -0.05) is 11.6 Å². The SMILES string of the molecule is COc1cc(C(=O)NCC(=O)Nc2c(C)nn(C)c2C)cc(Cl)c1OC. The number of anilines is 1. The molecule has 2 rings (SSSR count). The van der Waals surface area contributed by atoms with E-state index in [1.54, 1.807) is 18.7 Å². The highest BCUT2D eigenvalue weighted by molar-refractivity contribution is 6.32. The second-order valence-corrected chi connectivity index (χ2v) is 6.00. The Kier molecular flexibility index (Phi) is 6.10. The van der Waals surface area contributed by atoms with Gasteiger partial charge in [0.2, 0.25) is 5.91 Å². The normalized spacial score (nSPS) is 10.4. The molecule has 1 aromatic heterocycles. The Hall–Kier alpha value is -2.74. The van der Waals surface area contributed by atoms with E-state index in [1.807, 2.05) is 6.92 Å². The van der Waals surface area contributed by atoms with Crippen LogP contribution < -0.4 is 20.1 Å². The molecule has 0 spiro atoms. The first-order chi connectivity index (χ1) is 12.3. The Morgan fingerprint density at radius 1 is 1.23 bits per heavy atom. The van der Waals surface area contributed by atoms with Gasteiger partial charge in [0.05, 0.1) is 42.9 Å². The van der Waals surface area contributed by atoms with E-state index in [0.29, 0.717) is 22.9 Å². The number of nitrogens with one attached hydrogen (secondary N) is 2. The minimum Gasteiger partial charge on any atom is -0.493 e. The number of halogens is 1. The zero-order chi connectivity index (χ0) is 19.4. The van der Waals surface area contributed by atoms with Crippen LogP contribution >= 0.6 is 11.6 Å². The number of hydrogen-bond donors (Lipinski definition) is 2. The quantitative estimate of drug-likeness (QED) is 0.800. The third-order valence-electron chi connectivity index (χ3n) is 3.88. The van der Waals surface area contributed by atoms with Crippen molar-refractivity contribution in [2.24, 2.45) is 7.05 Å². The molecule has 0 bridgehead atoms. The van der Waals surface area contributed by atoms with E-state index in [2.05, 4.69) is 15.7 Å². The number of aromatic nitrogens is 2. The zero-order valence-corrected chi connectivity index (χ0v) is 16.0. The summed E-state index contributed by atoms with van der Waals surface area (Å²) in [6.07, 6.45) is 0. The Labute approximate surface area is 156 Å². The molecule has 2 amide bonds. The van der Waals surface area contributed by atoms with Crippen LogP contribution in [0.5, 0.6) is 11.5 Å². The number of nitrogens with zero attached hydrogens (tertiary/aromatic N) is 2. The standard InChI is InChI=1S/C17H21ClN4O4/c1-9-15(10(2)22(3)21-9)20-14(23)8-19-17(24)11-6-12(18)16(26-5)13(7-11)25-4/h6-7H,8H2,1-5H3,(H,19,24)(H,20,23). The smallest absolute Gasteiger partial charge is 0.251 e. The summed E-state index contributed by atoms with van der Waals surface area (Å²) in [6.45, 7) is 3.45. The maximum atomic E-state index is 12.3. The number of carbonyl (C=O) groups excluding carboxylic acids is 2. The van der Waals surface area contributed by atoms with Crippen LogP contribution in [0.2, 0.25) is 5.02 Å². The Morgan fingerprint density at radius 2 is 1.92 bits per heavy atom. The molecule has 0 atom stereocenters. The number of benzene rings is 1. The predicted octanol–water partition coefficient (Wildman–Crippen LogP) is 2.08. The summed E-state index contributed by atoms with van der Waals surface area (Å²) in [4.78, 5) is 24.4. The van der Waals surface area contributed by atoms with E-state index >= 15 is 0 Å². The Bertz CT molecular complexity index is 848. The van der Waals surface area contributed by atoms with Gasteiger partial charge in [0.15, 0.2) is 11.5 Å². The molecule has 9 heteroatoms. The summed E-state index contributed by atoms with van der Waals surface area (Å²) >= 11 is 6.09. The highest BCUT2D eigenvalue weighted by Gasteiger charge is 2.17. The molecule has 1 aromatic carbocycles. The number of hydrogen-bond acceptors (Lipinski definition) is 5. The highest BCUT2D eigenvalue weighted by Crippen LogP contribution is 2.35. The van der Waals surface area contributed by atoms with Gasteiger partial charge in [0.1, 0.15) is 0 Å². The van der Waals surface area contributed by atoms with Gasteiger partial charge >= 0.3 is 0 Å². The molecule has 0 saturated carbocycles. The summed E-state index contributed by atoms with van der Waals surface area (Å²) in [7, 11) is 4.69. The average Bonchev–Trinajstić information content (AvgIpc) is 2.84. The minimum absolute atomic E-state index is 0.196. The monoisotopic (exact) mass is 380 g/mol. The van der Waals surface area contributed by atoms with Gasteiger partial charge in [-0.2, -0.15) is 5.10 Å². The number of rotatable bonds is 6. The van der Waals surface area contributed by atoms with Crippen LogP contribution in [0.15, 0.2) is 12.1 Å². The topological polar surface area (TPSA) is 94.5 Å². The number of methoxy groups -OCH3 is 2. The van der Waals surface area contributed by atoms with Crippen LogP contribution in [-0.4, -0.2) is 42.4 Å². The van der Waals surface area contributed by atoms with Gasteiger partial charge in [-0.15, -0.1) is 0 Å². The first-order valence-electron chi connectivity index (χ1n) is 7.78. The molecule has 1 heterocycles. The molecular weight excluding hydrogens is 360 g/mol. The lowest BCUT2D eigenvalue weighted by atomic mass is 10.2. The summed E-state index contributed by atoms with van der Waals surface area (Å²) in [6, 6.07) is 2.94. The van der Waals surface area contributed by atoms with Crippen molar-refractivity contribution in [1.29, 1.82) is 0 Å². The van der Waals surface area contributed by atoms with Crippen LogP contribution in [0.25, 0.3) is 0 Å². The molecule has 0 aliphatic carbocycles. The summed E-state index contributed by atoms with van der Waals surface area (Å²) in [5.74, 6) is -0.144. The number of ether oxygens (including phenoxy) is 2. The molecule has 0 unspecified atom stereocenters. The maximum Gasteiger partial charge on any atom is 0.251 e. The van der Waals surface area contributed by atoms with Crippen LogP contribution in [-0.2, 0) is 11.8 Å². The highest BCUT2D eigenvalue weighted by atomic mass is 35.5. The van der Waals surface area contributed by atoms with Crippen molar-refractivity contribution in [3.05, 3.63) is 34.1 Å². The van der Waals surface area contributed by atoms with Crippen molar-refractivity contribution in [1.82, 2.24) is 15.1 Å². The molecule has 2 N–H and O–H groups in total. The summed E-state index contributed by atoms with van der Waals surface area (Å²) in [5.41, 5.74) is 2.43. The third kappa shape index (κ3) is 4.08. The second-order valence-electron chi connectivity index (χ2n) is 5.59. The van der Waals surface area contributed by atoms with Gasteiger partial charge in [0.25, 0.3) is 5.91 Å². The van der Waals surface area contributed by atoms with Crippen molar-refractivity contribution in [2.45, 2.75) is 13.8 Å². The lowest BCUT2D eigenvalue weighted by Gasteiger charge is -2.12. The van der Waals surface area contributed by atoms with Gasteiger partial charge in [-0.3, -0.25) is 14.3 Å². The Morgan fingerprint density at radius 3 is 2.46 bits per heavy atom. The fourth-order valence-corrected chi connectivity index (χ4v) is 2.74. The second kappa shape index (κ2) is 8.09. The Balaban J connectivity index is 2.04.